The second kappa shape index (κ2) is 5.64. The van der Waals surface area contributed by atoms with Crippen LogP contribution >= 0.6 is 0 Å². The van der Waals surface area contributed by atoms with Crippen molar-refractivity contribution in [3.63, 3.8) is 0 Å². The van der Waals surface area contributed by atoms with Crippen LogP contribution in [-0.2, 0) is 29.6 Å². The summed E-state index contributed by atoms with van der Waals surface area (Å²) in [6, 6.07) is -0.559. The summed E-state index contributed by atoms with van der Waals surface area (Å²) < 4.78 is 63.3. The molecular formula is C13H17F3N4O3S. The van der Waals surface area contributed by atoms with Gasteiger partial charge < -0.3 is 10.2 Å². The summed E-state index contributed by atoms with van der Waals surface area (Å²) in [4.78, 5) is 13.5. The lowest BCUT2D eigenvalue weighted by Gasteiger charge is -2.18. The van der Waals surface area contributed by atoms with Crippen molar-refractivity contribution >= 4 is 15.9 Å². The van der Waals surface area contributed by atoms with Gasteiger partial charge >= 0.3 is 12.2 Å². The number of amides is 2. The van der Waals surface area contributed by atoms with E-state index in [0.29, 0.717) is 13.0 Å². The molecule has 134 valence electrons. The fourth-order valence-corrected chi connectivity index (χ4v) is 5.50. The maximum atomic E-state index is 12.9. The van der Waals surface area contributed by atoms with Crippen LogP contribution in [0.15, 0.2) is 6.20 Å². The highest BCUT2D eigenvalue weighted by Crippen LogP contribution is 2.34. The molecule has 0 saturated carbocycles. The Hall–Kier alpha value is -1.78. The van der Waals surface area contributed by atoms with Crippen LogP contribution in [0, 0.1) is 5.92 Å². The van der Waals surface area contributed by atoms with Crippen LogP contribution in [0.25, 0.3) is 0 Å². The van der Waals surface area contributed by atoms with Gasteiger partial charge in [-0.25, -0.2) is 13.2 Å². The average molecular weight is 366 g/mol. The third-order valence-corrected chi connectivity index (χ3v) is 6.77. The minimum atomic E-state index is -4.60. The summed E-state index contributed by atoms with van der Waals surface area (Å²) in [7, 11) is -1.80. The van der Waals surface area contributed by atoms with E-state index >= 15 is 0 Å². The number of sulfone groups is 1. The Morgan fingerprint density at radius 2 is 2.12 bits per heavy atom. The fourth-order valence-electron chi connectivity index (χ4n) is 3.35. The van der Waals surface area contributed by atoms with Crippen molar-refractivity contribution < 1.29 is 26.4 Å². The maximum Gasteiger partial charge on any atom is 0.435 e. The Morgan fingerprint density at radius 1 is 1.42 bits per heavy atom. The standard InChI is InChI=1S/C13H17F3N4O3S/c1-19-5-9(11(18-19)13(14,15)16)4-17-12(21)20-6-8-2-3-24(22,23)10(8)7-20/h5,8,10H,2-4,6-7H2,1H3,(H,17,21)/t8-,10+/m0/s1. The molecule has 2 fully saturated rings. The Kier molecular flexibility index (Phi) is 4.01. The van der Waals surface area contributed by atoms with Crippen molar-refractivity contribution in [2.75, 3.05) is 18.8 Å². The van der Waals surface area contributed by atoms with E-state index < -0.39 is 33.0 Å². The van der Waals surface area contributed by atoms with E-state index in [2.05, 4.69) is 10.4 Å². The van der Waals surface area contributed by atoms with Crippen molar-refractivity contribution in [1.82, 2.24) is 20.0 Å². The van der Waals surface area contributed by atoms with Gasteiger partial charge in [0.1, 0.15) is 0 Å². The van der Waals surface area contributed by atoms with Crippen LogP contribution < -0.4 is 5.32 Å². The summed E-state index contributed by atoms with van der Waals surface area (Å²) in [5, 5.41) is 5.24. The lowest BCUT2D eigenvalue weighted by atomic mass is 10.1. The maximum absolute atomic E-state index is 12.9. The zero-order valence-electron chi connectivity index (χ0n) is 12.9. The van der Waals surface area contributed by atoms with Gasteiger partial charge in [-0.2, -0.15) is 18.3 Å². The number of alkyl halides is 3. The molecule has 2 atom stereocenters. The summed E-state index contributed by atoms with van der Waals surface area (Å²) in [6.45, 7) is 0.0903. The Balaban J connectivity index is 1.64. The number of nitrogens with one attached hydrogen (secondary N) is 1. The number of hydrogen-bond donors (Lipinski definition) is 1. The molecule has 0 aliphatic carbocycles. The lowest BCUT2D eigenvalue weighted by molar-refractivity contribution is -0.142. The van der Waals surface area contributed by atoms with Gasteiger partial charge in [0.15, 0.2) is 15.5 Å². The van der Waals surface area contributed by atoms with Crippen LogP contribution in [0.1, 0.15) is 17.7 Å². The van der Waals surface area contributed by atoms with Crippen LogP contribution in [0.5, 0.6) is 0 Å². The molecule has 0 radical (unpaired) electrons. The van der Waals surface area contributed by atoms with E-state index in [-0.39, 0.29) is 30.3 Å². The number of carbonyl (C=O) groups is 1. The van der Waals surface area contributed by atoms with Gasteiger partial charge in [0, 0.05) is 38.4 Å². The molecule has 2 aliphatic heterocycles. The number of halogens is 3. The molecule has 0 aromatic carbocycles. The smallest absolute Gasteiger partial charge is 0.334 e. The lowest BCUT2D eigenvalue weighted by Crippen LogP contribution is -2.39. The van der Waals surface area contributed by atoms with E-state index in [1.165, 1.54) is 18.1 Å². The number of aromatic nitrogens is 2. The van der Waals surface area contributed by atoms with Crippen molar-refractivity contribution in [3.05, 3.63) is 17.5 Å². The van der Waals surface area contributed by atoms with Gasteiger partial charge in [0.05, 0.1) is 11.0 Å². The molecule has 1 aromatic heterocycles. The molecule has 2 aliphatic rings. The quantitative estimate of drug-likeness (QED) is 0.838. The summed E-state index contributed by atoms with van der Waals surface area (Å²) >= 11 is 0. The van der Waals surface area contributed by atoms with Crippen molar-refractivity contribution in [2.45, 2.75) is 24.4 Å². The van der Waals surface area contributed by atoms with Gasteiger partial charge in [-0.1, -0.05) is 0 Å². The zero-order chi connectivity index (χ0) is 17.7. The highest BCUT2D eigenvalue weighted by Gasteiger charge is 2.47. The molecule has 0 unspecified atom stereocenters. The molecule has 1 N–H and O–H groups in total. The van der Waals surface area contributed by atoms with Crippen LogP contribution in [0.4, 0.5) is 18.0 Å². The van der Waals surface area contributed by atoms with Crippen molar-refractivity contribution in [1.29, 1.82) is 0 Å². The molecule has 7 nitrogen and oxygen atoms in total. The summed E-state index contributed by atoms with van der Waals surface area (Å²) in [5.41, 5.74) is -1.17. The molecule has 0 bridgehead atoms. The summed E-state index contributed by atoms with van der Waals surface area (Å²) in [5.74, 6) is 0.0625. The highest BCUT2D eigenvalue weighted by molar-refractivity contribution is 7.92. The molecule has 2 saturated heterocycles. The fraction of sp³-hybridized carbons (Fsp3) is 0.692. The third-order valence-electron chi connectivity index (χ3n) is 4.51. The monoisotopic (exact) mass is 366 g/mol. The van der Waals surface area contributed by atoms with E-state index in [4.69, 9.17) is 0 Å². The molecule has 1 aromatic rings. The number of hydrogen-bond acceptors (Lipinski definition) is 4. The van der Waals surface area contributed by atoms with Gasteiger partial charge in [-0.05, 0) is 12.3 Å². The van der Waals surface area contributed by atoms with E-state index in [9.17, 15) is 26.4 Å². The molecule has 2 amide bonds. The molecule has 0 spiro atoms. The highest BCUT2D eigenvalue weighted by atomic mass is 32.2. The number of aryl methyl sites for hydroxylation is 1. The average Bonchev–Trinajstić information content (AvgIpc) is 3.11. The van der Waals surface area contributed by atoms with E-state index in [1.807, 2.05) is 0 Å². The first-order chi connectivity index (χ1) is 11.1. The van der Waals surface area contributed by atoms with Crippen LogP contribution in [0.2, 0.25) is 0 Å². The van der Waals surface area contributed by atoms with Gasteiger partial charge in [-0.3, -0.25) is 4.68 Å². The first-order valence-corrected chi connectivity index (χ1v) is 9.13. The van der Waals surface area contributed by atoms with Gasteiger partial charge in [0.2, 0.25) is 0 Å². The molecule has 11 heteroatoms. The van der Waals surface area contributed by atoms with E-state index in [1.54, 1.807) is 0 Å². The molecule has 24 heavy (non-hydrogen) atoms. The largest absolute Gasteiger partial charge is 0.435 e. The predicted molar refractivity (Wildman–Crippen MR) is 77.7 cm³/mol. The molecule has 3 heterocycles. The summed E-state index contributed by atoms with van der Waals surface area (Å²) in [6.07, 6.45) is -2.87. The van der Waals surface area contributed by atoms with Crippen molar-refractivity contribution in [3.8, 4) is 0 Å². The predicted octanol–water partition coefficient (Wildman–Crippen LogP) is 0.767. The molecule has 3 rings (SSSR count). The van der Waals surface area contributed by atoms with Gasteiger partial charge in [-0.15, -0.1) is 0 Å². The third kappa shape index (κ3) is 3.08. The number of rotatable bonds is 2. The second-order valence-corrected chi connectivity index (χ2v) is 8.53. The number of urea groups is 1. The first-order valence-electron chi connectivity index (χ1n) is 7.42. The Morgan fingerprint density at radius 3 is 2.75 bits per heavy atom. The number of likely N-dealkylation sites (tertiary alicyclic amines) is 1. The second-order valence-electron chi connectivity index (χ2n) is 6.19. The van der Waals surface area contributed by atoms with E-state index in [0.717, 1.165) is 4.68 Å². The number of nitrogens with zero attached hydrogens (tertiary/aromatic N) is 3. The Bertz CT molecular complexity index is 759. The van der Waals surface area contributed by atoms with Crippen molar-refractivity contribution in [2.24, 2.45) is 13.0 Å². The number of carbonyl (C=O) groups excluding carboxylic acids is 1. The van der Waals surface area contributed by atoms with Crippen LogP contribution in [0.3, 0.4) is 0 Å². The first kappa shape index (κ1) is 17.1. The SMILES string of the molecule is Cn1cc(CNC(=O)N2C[C@@H]3CCS(=O)(=O)[C@@H]3C2)c(C(F)(F)F)n1. The van der Waals surface area contributed by atoms with Gasteiger partial charge in [0.25, 0.3) is 0 Å². The van der Waals surface area contributed by atoms with Crippen LogP contribution in [-0.4, -0.2) is 53.2 Å². The topological polar surface area (TPSA) is 84.3 Å². The minimum Gasteiger partial charge on any atom is -0.334 e. The molecular weight excluding hydrogens is 349 g/mol. The minimum absolute atomic E-state index is 0.0788. The Labute approximate surface area is 136 Å². The zero-order valence-corrected chi connectivity index (χ0v) is 13.7. The normalized spacial score (nSPS) is 25.8. The number of fused-ring (bicyclic) bond motifs is 1.